The molecule has 1 heterocycles. The molecule has 3 rings (SSSR count). The average molecular weight is 416 g/mol. The second kappa shape index (κ2) is 8.57. The van der Waals surface area contributed by atoms with Gasteiger partial charge in [0.2, 0.25) is 0 Å². The Bertz CT molecular complexity index is 985. The van der Waals surface area contributed by atoms with Gasteiger partial charge in [-0.3, -0.25) is 9.59 Å². The molecule has 1 aliphatic rings. The minimum absolute atomic E-state index is 0.0249. The first-order valence-corrected chi connectivity index (χ1v) is 9.57. The van der Waals surface area contributed by atoms with Gasteiger partial charge in [-0.25, -0.2) is 0 Å². The number of Topliss-reactive ketones (excluding diaryl/α,β-unsaturated/α-hetero) is 1. The topological polar surface area (TPSA) is 76.1 Å². The summed E-state index contributed by atoms with van der Waals surface area (Å²) in [5, 5.41) is 11.3. The fourth-order valence-electron chi connectivity index (χ4n) is 3.53. The molecule has 1 unspecified atom stereocenters. The molecule has 1 N–H and O–H groups in total. The number of ketones is 1. The highest BCUT2D eigenvalue weighted by atomic mass is 35.5. The van der Waals surface area contributed by atoms with Gasteiger partial charge in [-0.2, -0.15) is 0 Å². The highest BCUT2D eigenvalue weighted by molar-refractivity contribution is 6.47. The van der Waals surface area contributed by atoms with Crippen molar-refractivity contribution in [1.82, 2.24) is 4.90 Å². The predicted molar refractivity (Wildman–Crippen MR) is 110 cm³/mol. The molecule has 0 aliphatic carbocycles. The molecule has 0 bridgehead atoms. The molecular weight excluding hydrogens is 394 g/mol. The van der Waals surface area contributed by atoms with Crippen LogP contribution in [0, 0.1) is 0 Å². The van der Waals surface area contributed by atoms with Crippen molar-refractivity contribution in [3.63, 3.8) is 0 Å². The number of carbonyl (C=O) groups excluding carboxylic acids is 2. The number of halogens is 1. The molecule has 1 saturated heterocycles. The zero-order valence-corrected chi connectivity index (χ0v) is 17.2. The Labute approximate surface area is 174 Å². The van der Waals surface area contributed by atoms with E-state index in [-0.39, 0.29) is 21.9 Å². The fourth-order valence-corrected chi connectivity index (χ4v) is 3.73. The maximum absolute atomic E-state index is 12.9. The van der Waals surface area contributed by atoms with Gasteiger partial charge in [-0.1, -0.05) is 36.7 Å². The molecule has 2 aromatic rings. The number of likely N-dealkylation sites (tertiary alicyclic amines) is 1. The summed E-state index contributed by atoms with van der Waals surface area (Å²) in [5.41, 5.74) is 0.812. The van der Waals surface area contributed by atoms with Gasteiger partial charge in [0.15, 0.2) is 0 Å². The number of nitrogens with zero attached hydrogens (tertiary/aromatic N) is 1. The van der Waals surface area contributed by atoms with Crippen molar-refractivity contribution in [1.29, 1.82) is 0 Å². The number of aliphatic hydroxyl groups excluding tert-OH is 1. The zero-order chi connectivity index (χ0) is 21.1. The quantitative estimate of drug-likeness (QED) is 0.435. The van der Waals surface area contributed by atoms with Gasteiger partial charge in [-0.15, -0.1) is 0 Å². The van der Waals surface area contributed by atoms with E-state index in [1.165, 1.54) is 25.2 Å². The molecular formula is C22H22ClNO5. The molecule has 1 atom stereocenters. The molecule has 152 valence electrons. The summed E-state index contributed by atoms with van der Waals surface area (Å²) in [5.74, 6) is -0.786. The van der Waals surface area contributed by atoms with Crippen LogP contribution in [0.4, 0.5) is 0 Å². The molecule has 1 fully saturated rings. The van der Waals surface area contributed by atoms with Crippen LogP contribution >= 0.6 is 11.6 Å². The number of ether oxygens (including phenoxy) is 2. The van der Waals surface area contributed by atoms with Crippen molar-refractivity contribution in [3.05, 3.63) is 64.2 Å². The van der Waals surface area contributed by atoms with Gasteiger partial charge in [0.05, 0.1) is 30.9 Å². The second-order valence-corrected chi connectivity index (χ2v) is 6.99. The van der Waals surface area contributed by atoms with Crippen molar-refractivity contribution in [2.75, 3.05) is 20.8 Å². The van der Waals surface area contributed by atoms with Gasteiger partial charge in [-0.05, 0) is 30.7 Å². The van der Waals surface area contributed by atoms with Crippen molar-refractivity contribution in [2.24, 2.45) is 0 Å². The number of rotatable bonds is 6. The van der Waals surface area contributed by atoms with E-state index in [0.29, 0.717) is 30.0 Å². The highest BCUT2D eigenvalue weighted by Gasteiger charge is 2.46. The first-order valence-electron chi connectivity index (χ1n) is 9.19. The summed E-state index contributed by atoms with van der Waals surface area (Å²) in [6.45, 7) is 2.27. The Hall–Kier alpha value is -2.99. The molecule has 29 heavy (non-hydrogen) atoms. The second-order valence-electron chi connectivity index (χ2n) is 6.58. The Balaban J connectivity index is 2.27. The Morgan fingerprint density at radius 2 is 1.86 bits per heavy atom. The minimum atomic E-state index is -0.784. The third-order valence-corrected chi connectivity index (χ3v) is 5.20. The van der Waals surface area contributed by atoms with Crippen LogP contribution in [0.3, 0.4) is 0 Å². The number of amides is 1. The zero-order valence-electron chi connectivity index (χ0n) is 16.4. The number of hydrogen-bond acceptors (Lipinski definition) is 5. The van der Waals surface area contributed by atoms with E-state index in [1.807, 2.05) is 6.92 Å². The standard InChI is InChI=1S/C22H22ClNO5/c1-4-11-24-19(14-7-5-6-8-17(14)29-3)18(21(26)22(24)27)20(25)15-12-13(28-2)9-10-16(15)23/h5-10,12,19,25H,4,11H2,1-3H3/b20-18+. The summed E-state index contributed by atoms with van der Waals surface area (Å²) in [7, 11) is 3.01. The summed E-state index contributed by atoms with van der Waals surface area (Å²) < 4.78 is 10.7. The molecule has 1 amide bonds. The number of methoxy groups -OCH3 is 2. The molecule has 2 aromatic carbocycles. The van der Waals surface area contributed by atoms with Gasteiger partial charge in [0, 0.05) is 17.7 Å². The number of hydrogen-bond donors (Lipinski definition) is 1. The Kier molecular flexibility index (Phi) is 6.13. The van der Waals surface area contributed by atoms with Crippen LogP contribution in [0.15, 0.2) is 48.0 Å². The van der Waals surface area contributed by atoms with Crippen LogP contribution in [0.5, 0.6) is 11.5 Å². The summed E-state index contributed by atoms with van der Waals surface area (Å²) in [4.78, 5) is 27.2. The van der Waals surface area contributed by atoms with E-state index >= 15 is 0 Å². The van der Waals surface area contributed by atoms with E-state index in [1.54, 1.807) is 36.4 Å². The maximum Gasteiger partial charge on any atom is 0.295 e. The SMILES string of the molecule is CCCN1C(=O)C(=O)/C(=C(/O)c2cc(OC)ccc2Cl)C1c1ccccc1OC. The number of carbonyl (C=O) groups is 2. The van der Waals surface area contributed by atoms with Crippen LogP contribution in [-0.4, -0.2) is 42.5 Å². The first-order chi connectivity index (χ1) is 13.9. The monoisotopic (exact) mass is 415 g/mol. The van der Waals surface area contributed by atoms with Crippen LogP contribution in [0.1, 0.15) is 30.5 Å². The fraction of sp³-hybridized carbons (Fsp3) is 0.273. The third kappa shape index (κ3) is 3.68. The number of benzene rings is 2. The smallest absolute Gasteiger partial charge is 0.295 e. The third-order valence-electron chi connectivity index (χ3n) is 4.87. The van der Waals surface area contributed by atoms with E-state index in [2.05, 4.69) is 0 Å². The van der Waals surface area contributed by atoms with Crippen LogP contribution in [-0.2, 0) is 9.59 Å². The minimum Gasteiger partial charge on any atom is -0.507 e. The van der Waals surface area contributed by atoms with Crippen molar-refractivity contribution < 1.29 is 24.2 Å². The van der Waals surface area contributed by atoms with E-state index in [4.69, 9.17) is 21.1 Å². The van der Waals surface area contributed by atoms with Crippen molar-refractivity contribution in [3.8, 4) is 11.5 Å². The molecule has 6 nitrogen and oxygen atoms in total. The molecule has 0 saturated carbocycles. The van der Waals surface area contributed by atoms with Crippen LogP contribution in [0.25, 0.3) is 5.76 Å². The molecule has 7 heteroatoms. The van der Waals surface area contributed by atoms with Crippen molar-refractivity contribution >= 4 is 29.1 Å². The van der Waals surface area contributed by atoms with E-state index < -0.39 is 17.7 Å². The highest BCUT2D eigenvalue weighted by Crippen LogP contribution is 2.43. The van der Waals surface area contributed by atoms with Crippen LogP contribution < -0.4 is 9.47 Å². The predicted octanol–water partition coefficient (Wildman–Crippen LogP) is 4.19. The Morgan fingerprint density at radius 3 is 2.52 bits per heavy atom. The van der Waals surface area contributed by atoms with E-state index in [9.17, 15) is 14.7 Å². The van der Waals surface area contributed by atoms with Crippen molar-refractivity contribution in [2.45, 2.75) is 19.4 Å². The van der Waals surface area contributed by atoms with Crippen LogP contribution in [0.2, 0.25) is 5.02 Å². The molecule has 0 radical (unpaired) electrons. The van der Waals surface area contributed by atoms with Gasteiger partial charge < -0.3 is 19.5 Å². The summed E-state index contributed by atoms with van der Waals surface area (Å²) in [6, 6.07) is 11.1. The van der Waals surface area contributed by atoms with Gasteiger partial charge in [0.1, 0.15) is 17.3 Å². The maximum atomic E-state index is 12.9. The lowest BCUT2D eigenvalue weighted by molar-refractivity contribution is -0.139. The summed E-state index contributed by atoms with van der Waals surface area (Å²) in [6.07, 6.45) is 0.651. The molecule has 0 spiro atoms. The van der Waals surface area contributed by atoms with Gasteiger partial charge >= 0.3 is 0 Å². The lowest BCUT2D eigenvalue weighted by atomic mass is 9.94. The number of aliphatic hydroxyl groups is 1. The average Bonchev–Trinajstić information content (AvgIpc) is 2.98. The first kappa shape index (κ1) is 20.7. The van der Waals surface area contributed by atoms with E-state index in [0.717, 1.165) is 0 Å². The normalized spacial score (nSPS) is 18.2. The summed E-state index contributed by atoms with van der Waals surface area (Å²) >= 11 is 6.28. The Morgan fingerprint density at radius 1 is 1.14 bits per heavy atom. The number of para-hydroxylation sites is 1. The largest absolute Gasteiger partial charge is 0.507 e. The lowest BCUT2D eigenvalue weighted by Crippen LogP contribution is -2.30. The lowest BCUT2D eigenvalue weighted by Gasteiger charge is -2.26. The molecule has 0 aromatic heterocycles. The van der Waals surface area contributed by atoms with Gasteiger partial charge in [0.25, 0.3) is 11.7 Å². The molecule has 1 aliphatic heterocycles.